The lowest BCUT2D eigenvalue weighted by molar-refractivity contribution is -0.167. The highest BCUT2D eigenvalue weighted by Gasteiger charge is 2.19. The van der Waals surface area contributed by atoms with Gasteiger partial charge in [-0.3, -0.25) is 14.4 Å². The van der Waals surface area contributed by atoms with Gasteiger partial charge in [0, 0.05) is 19.3 Å². The van der Waals surface area contributed by atoms with Gasteiger partial charge in [-0.05, 0) is 31.1 Å². The van der Waals surface area contributed by atoms with Gasteiger partial charge in [0.05, 0.1) is 0 Å². The summed E-state index contributed by atoms with van der Waals surface area (Å²) in [6.07, 6.45) is 43.9. The summed E-state index contributed by atoms with van der Waals surface area (Å²) in [7, 11) is 0. The molecule has 0 heterocycles. The monoisotopic (exact) mass is 807 g/mol. The molecule has 0 saturated heterocycles. The van der Waals surface area contributed by atoms with Crippen molar-refractivity contribution in [1.29, 1.82) is 0 Å². The van der Waals surface area contributed by atoms with Crippen LogP contribution < -0.4 is 0 Å². The third-order valence-corrected chi connectivity index (χ3v) is 11.8. The molecule has 6 heteroatoms. The Bertz CT molecular complexity index is 872. The molecule has 0 aromatic rings. The molecule has 0 amide bonds. The van der Waals surface area contributed by atoms with Crippen LogP contribution in [0.4, 0.5) is 0 Å². The van der Waals surface area contributed by atoms with Crippen LogP contribution >= 0.6 is 0 Å². The summed E-state index contributed by atoms with van der Waals surface area (Å²) in [5, 5.41) is 0. The molecule has 6 nitrogen and oxygen atoms in total. The molecule has 0 rings (SSSR count). The third kappa shape index (κ3) is 43.8. The molecule has 0 saturated carbocycles. The van der Waals surface area contributed by atoms with Gasteiger partial charge in [-0.2, -0.15) is 0 Å². The van der Waals surface area contributed by atoms with Gasteiger partial charge >= 0.3 is 17.9 Å². The van der Waals surface area contributed by atoms with E-state index in [9.17, 15) is 14.4 Å². The Morgan fingerprint density at radius 2 is 0.667 bits per heavy atom. The summed E-state index contributed by atoms with van der Waals surface area (Å²) >= 11 is 0. The number of esters is 3. The number of ether oxygens (including phenoxy) is 3. The van der Waals surface area contributed by atoms with E-state index in [1.807, 2.05) is 0 Å². The molecular weight excluding hydrogens is 709 g/mol. The van der Waals surface area contributed by atoms with Crippen molar-refractivity contribution < 1.29 is 28.6 Å². The van der Waals surface area contributed by atoms with E-state index in [1.54, 1.807) is 0 Å². The maximum absolute atomic E-state index is 12.8. The second-order valence-corrected chi connectivity index (χ2v) is 18.2. The standard InChI is InChI=1S/C51H98O6/c1-6-8-9-10-11-12-13-14-15-16-17-18-19-20-21-22-25-33-38-43-51(54)57-48(44-55-49(52)41-36-31-26-23-24-29-34-39-46(3)4)45-56-50(53)42-37-32-28-27-30-35-40-47(5)7-2/h46-48H,6-45H2,1-5H3/t47?,48-/m0/s1. The first-order chi connectivity index (χ1) is 27.8. The SMILES string of the molecule is CCCCCCCCCCCCCCCCCCCCCC(=O)O[C@@H](COC(=O)CCCCCCCCCC(C)C)COC(=O)CCCCCCCCC(C)CC. The Morgan fingerprint density at radius 3 is 1.00 bits per heavy atom. The van der Waals surface area contributed by atoms with Crippen molar-refractivity contribution in [1.82, 2.24) is 0 Å². The second-order valence-electron chi connectivity index (χ2n) is 18.2. The van der Waals surface area contributed by atoms with Crippen LogP contribution in [0.5, 0.6) is 0 Å². The molecule has 0 aliphatic heterocycles. The zero-order valence-electron chi connectivity index (χ0n) is 39.0. The van der Waals surface area contributed by atoms with Crippen molar-refractivity contribution >= 4 is 17.9 Å². The minimum atomic E-state index is -0.762. The van der Waals surface area contributed by atoms with Crippen LogP contribution in [0.3, 0.4) is 0 Å². The van der Waals surface area contributed by atoms with Crippen LogP contribution in [0.25, 0.3) is 0 Å². The molecule has 57 heavy (non-hydrogen) atoms. The highest BCUT2D eigenvalue weighted by Crippen LogP contribution is 2.17. The van der Waals surface area contributed by atoms with E-state index < -0.39 is 6.10 Å². The Morgan fingerprint density at radius 1 is 0.368 bits per heavy atom. The van der Waals surface area contributed by atoms with Crippen LogP contribution in [0.2, 0.25) is 0 Å². The molecule has 0 radical (unpaired) electrons. The van der Waals surface area contributed by atoms with Crippen molar-refractivity contribution in [3.05, 3.63) is 0 Å². The summed E-state index contributed by atoms with van der Waals surface area (Å²) in [6.45, 7) is 11.3. The number of hydrogen-bond acceptors (Lipinski definition) is 6. The molecule has 0 bridgehead atoms. The molecule has 1 unspecified atom stereocenters. The predicted molar refractivity (Wildman–Crippen MR) is 243 cm³/mol. The van der Waals surface area contributed by atoms with Crippen molar-refractivity contribution in [3.8, 4) is 0 Å². The summed E-state index contributed by atoms with van der Waals surface area (Å²) in [5.74, 6) is 0.738. The molecular formula is C51H98O6. The summed E-state index contributed by atoms with van der Waals surface area (Å²) in [4.78, 5) is 37.8. The van der Waals surface area contributed by atoms with Crippen molar-refractivity contribution in [2.45, 2.75) is 285 Å². The first kappa shape index (κ1) is 55.4. The minimum Gasteiger partial charge on any atom is -0.462 e. The van der Waals surface area contributed by atoms with E-state index in [-0.39, 0.29) is 31.1 Å². The lowest BCUT2D eigenvalue weighted by Gasteiger charge is -2.18. The normalized spacial score (nSPS) is 12.5. The molecule has 0 aliphatic rings. The van der Waals surface area contributed by atoms with E-state index in [1.165, 1.54) is 167 Å². The average Bonchev–Trinajstić information content (AvgIpc) is 3.19. The van der Waals surface area contributed by atoms with Crippen molar-refractivity contribution in [2.75, 3.05) is 13.2 Å². The van der Waals surface area contributed by atoms with E-state index in [0.717, 1.165) is 69.6 Å². The van der Waals surface area contributed by atoms with Gasteiger partial charge in [-0.1, -0.05) is 240 Å². The molecule has 0 aliphatic carbocycles. The Balaban J connectivity index is 4.25. The molecule has 0 spiro atoms. The van der Waals surface area contributed by atoms with E-state index in [0.29, 0.717) is 19.3 Å². The largest absolute Gasteiger partial charge is 0.462 e. The number of hydrogen-bond donors (Lipinski definition) is 0. The average molecular weight is 807 g/mol. The van der Waals surface area contributed by atoms with Crippen LogP contribution in [0.1, 0.15) is 279 Å². The topological polar surface area (TPSA) is 78.9 Å². The fraction of sp³-hybridized carbons (Fsp3) is 0.941. The van der Waals surface area contributed by atoms with E-state index in [4.69, 9.17) is 14.2 Å². The van der Waals surface area contributed by atoms with Gasteiger partial charge in [0.25, 0.3) is 0 Å². The Hall–Kier alpha value is -1.59. The van der Waals surface area contributed by atoms with E-state index >= 15 is 0 Å². The zero-order chi connectivity index (χ0) is 41.9. The maximum atomic E-state index is 12.8. The number of unbranched alkanes of at least 4 members (excludes halogenated alkanes) is 29. The fourth-order valence-electron chi connectivity index (χ4n) is 7.60. The second kappa shape index (κ2) is 44.0. The summed E-state index contributed by atoms with van der Waals surface area (Å²) in [6, 6.07) is 0. The first-order valence-electron chi connectivity index (χ1n) is 25.3. The van der Waals surface area contributed by atoms with Gasteiger partial charge in [-0.15, -0.1) is 0 Å². The first-order valence-corrected chi connectivity index (χ1v) is 25.3. The molecule has 0 aromatic carbocycles. The van der Waals surface area contributed by atoms with Crippen molar-refractivity contribution in [2.24, 2.45) is 11.8 Å². The van der Waals surface area contributed by atoms with Crippen LogP contribution in [0.15, 0.2) is 0 Å². The zero-order valence-corrected chi connectivity index (χ0v) is 39.0. The van der Waals surface area contributed by atoms with Crippen LogP contribution in [-0.4, -0.2) is 37.2 Å². The minimum absolute atomic E-state index is 0.0659. The fourth-order valence-corrected chi connectivity index (χ4v) is 7.60. The highest BCUT2D eigenvalue weighted by molar-refractivity contribution is 5.71. The molecule has 0 aromatic heterocycles. The predicted octanol–water partition coefficient (Wildman–Crippen LogP) is 16.1. The molecule has 0 N–H and O–H groups in total. The number of carbonyl (C=O) groups is 3. The molecule has 2 atom stereocenters. The number of rotatable bonds is 45. The highest BCUT2D eigenvalue weighted by atomic mass is 16.6. The molecule has 338 valence electrons. The third-order valence-electron chi connectivity index (χ3n) is 11.8. The quantitative estimate of drug-likeness (QED) is 0.0346. The smallest absolute Gasteiger partial charge is 0.306 e. The lowest BCUT2D eigenvalue weighted by atomic mass is 10.00. The summed E-state index contributed by atoms with van der Waals surface area (Å²) in [5.41, 5.74) is 0. The number of carbonyl (C=O) groups excluding carboxylic acids is 3. The Labute approximate surface area is 355 Å². The van der Waals surface area contributed by atoms with Crippen LogP contribution in [0, 0.1) is 11.8 Å². The van der Waals surface area contributed by atoms with Gasteiger partial charge in [0.1, 0.15) is 13.2 Å². The van der Waals surface area contributed by atoms with Gasteiger partial charge in [-0.25, -0.2) is 0 Å². The Kier molecular flexibility index (Phi) is 42.7. The van der Waals surface area contributed by atoms with E-state index in [2.05, 4.69) is 34.6 Å². The van der Waals surface area contributed by atoms with Gasteiger partial charge in [0.15, 0.2) is 6.10 Å². The lowest BCUT2D eigenvalue weighted by Crippen LogP contribution is -2.30. The van der Waals surface area contributed by atoms with Gasteiger partial charge in [0.2, 0.25) is 0 Å². The van der Waals surface area contributed by atoms with Gasteiger partial charge < -0.3 is 14.2 Å². The summed E-state index contributed by atoms with van der Waals surface area (Å²) < 4.78 is 16.8. The van der Waals surface area contributed by atoms with Crippen LogP contribution in [-0.2, 0) is 28.6 Å². The molecule has 0 fully saturated rings. The van der Waals surface area contributed by atoms with Crippen molar-refractivity contribution in [3.63, 3.8) is 0 Å². The maximum Gasteiger partial charge on any atom is 0.306 e.